The van der Waals surface area contributed by atoms with Crippen LogP contribution in [0.4, 0.5) is 0 Å². The van der Waals surface area contributed by atoms with Crippen LogP contribution in [0.2, 0.25) is 0 Å². The van der Waals surface area contributed by atoms with Gasteiger partial charge in [0.1, 0.15) is 5.75 Å². The average Bonchev–Trinajstić information content (AvgIpc) is 3.22. The Hall–Kier alpha value is -1.02. The zero-order chi connectivity index (χ0) is 13.8. The van der Waals surface area contributed by atoms with Crippen LogP contribution in [-0.2, 0) is 0 Å². The van der Waals surface area contributed by atoms with Crippen LogP contribution in [0, 0.1) is 5.92 Å². The summed E-state index contributed by atoms with van der Waals surface area (Å²) in [5.74, 6) is 1.35. The van der Waals surface area contributed by atoms with E-state index in [0.717, 1.165) is 24.2 Å². The van der Waals surface area contributed by atoms with Gasteiger partial charge in [-0.3, -0.25) is 0 Å². The van der Waals surface area contributed by atoms with Crippen molar-refractivity contribution in [2.24, 2.45) is 5.92 Å². The van der Waals surface area contributed by atoms with Gasteiger partial charge < -0.3 is 9.84 Å². The van der Waals surface area contributed by atoms with Crippen molar-refractivity contribution in [1.82, 2.24) is 0 Å². The van der Waals surface area contributed by atoms with Gasteiger partial charge in [0.2, 0.25) is 0 Å². The highest BCUT2D eigenvalue weighted by Crippen LogP contribution is 2.35. The Kier molecular flexibility index (Phi) is 4.62. The van der Waals surface area contributed by atoms with Crippen LogP contribution >= 0.6 is 0 Å². The monoisotopic (exact) mass is 274 g/mol. The van der Waals surface area contributed by atoms with Gasteiger partial charge in [0.25, 0.3) is 0 Å². The molecule has 0 spiro atoms. The summed E-state index contributed by atoms with van der Waals surface area (Å²) in [6.45, 7) is 0. The molecule has 20 heavy (non-hydrogen) atoms. The molecule has 1 unspecified atom stereocenters. The first-order valence-corrected chi connectivity index (χ1v) is 8.27. The summed E-state index contributed by atoms with van der Waals surface area (Å²) in [5.41, 5.74) is 1.04. The van der Waals surface area contributed by atoms with Gasteiger partial charge in [-0.2, -0.15) is 0 Å². The molecule has 1 aromatic rings. The number of aliphatic hydroxyl groups excluding tert-OH is 1. The molecule has 0 amide bonds. The molecule has 2 aliphatic carbocycles. The van der Waals surface area contributed by atoms with E-state index >= 15 is 0 Å². The summed E-state index contributed by atoms with van der Waals surface area (Å²) < 4.78 is 5.84. The van der Waals surface area contributed by atoms with Gasteiger partial charge in [0, 0.05) is 0 Å². The second-order valence-electron chi connectivity index (χ2n) is 6.44. The first-order chi connectivity index (χ1) is 9.83. The zero-order valence-electron chi connectivity index (χ0n) is 12.3. The zero-order valence-corrected chi connectivity index (χ0v) is 12.3. The Morgan fingerprint density at radius 1 is 0.950 bits per heavy atom. The summed E-state index contributed by atoms with van der Waals surface area (Å²) in [4.78, 5) is 0. The van der Waals surface area contributed by atoms with E-state index in [4.69, 9.17) is 4.74 Å². The van der Waals surface area contributed by atoms with Crippen LogP contribution in [0.5, 0.6) is 5.75 Å². The molecule has 1 atom stereocenters. The normalized spacial score (nSPS) is 22.9. The number of hydrogen-bond donors (Lipinski definition) is 1. The second kappa shape index (κ2) is 6.62. The van der Waals surface area contributed by atoms with Gasteiger partial charge in [0.05, 0.1) is 12.2 Å². The molecule has 110 valence electrons. The predicted octanol–water partition coefficient (Wildman–Crippen LogP) is 4.62. The number of rotatable bonds is 4. The summed E-state index contributed by atoms with van der Waals surface area (Å²) in [5, 5.41) is 10.7. The third kappa shape index (κ3) is 3.76. The third-order valence-electron chi connectivity index (χ3n) is 4.62. The molecule has 2 nitrogen and oxygen atoms in total. The van der Waals surface area contributed by atoms with Crippen LogP contribution < -0.4 is 4.74 Å². The van der Waals surface area contributed by atoms with E-state index in [1.807, 2.05) is 24.3 Å². The molecule has 2 aliphatic rings. The molecule has 2 saturated carbocycles. The minimum absolute atomic E-state index is 0.323. The first-order valence-electron chi connectivity index (χ1n) is 8.27. The quantitative estimate of drug-likeness (QED) is 0.868. The molecule has 1 aromatic carbocycles. The molecular weight excluding hydrogens is 248 g/mol. The number of ether oxygens (including phenoxy) is 1. The van der Waals surface area contributed by atoms with Crippen LogP contribution in [0.25, 0.3) is 0 Å². The molecule has 2 fully saturated rings. The van der Waals surface area contributed by atoms with E-state index in [0.29, 0.717) is 12.0 Å². The fraction of sp³-hybridized carbons (Fsp3) is 0.667. The second-order valence-corrected chi connectivity index (χ2v) is 6.44. The standard InChI is InChI=1S/C18H26O2/c19-18(14-7-4-2-1-3-5-8-14)15-9-6-10-17(13-15)20-16-11-12-16/h6,9-10,13-14,16,18-19H,1-5,7-8,11-12H2. The van der Waals surface area contributed by atoms with E-state index in [2.05, 4.69) is 0 Å². The Morgan fingerprint density at radius 3 is 2.35 bits per heavy atom. The van der Waals surface area contributed by atoms with Crippen LogP contribution in [-0.4, -0.2) is 11.2 Å². The van der Waals surface area contributed by atoms with Crippen molar-refractivity contribution in [3.05, 3.63) is 29.8 Å². The SMILES string of the molecule is OC(c1cccc(OC2CC2)c1)C1CCCCCCC1. The molecule has 0 radical (unpaired) electrons. The molecular formula is C18H26O2. The molecule has 2 heteroatoms. The molecule has 0 saturated heterocycles. The van der Waals surface area contributed by atoms with Crippen molar-refractivity contribution >= 4 is 0 Å². The topological polar surface area (TPSA) is 29.5 Å². The lowest BCUT2D eigenvalue weighted by atomic mass is 9.84. The Labute approximate surface area is 122 Å². The minimum atomic E-state index is -0.323. The van der Waals surface area contributed by atoms with Crippen molar-refractivity contribution in [3.8, 4) is 5.75 Å². The van der Waals surface area contributed by atoms with Gasteiger partial charge in [-0.15, -0.1) is 0 Å². The third-order valence-corrected chi connectivity index (χ3v) is 4.62. The summed E-state index contributed by atoms with van der Waals surface area (Å²) in [7, 11) is 0. The predicted molar refractivity (Wildman–Crippen MR) is 80.9 cm³/mol. The van der Waals surface area contributed by atoms with Crippen LogP contribution in [0.15, 0.2) is 24.3 Å². The van der Waals surface area contributed by atoms with Crippen molar-refractivity contribution in [2.75, 3.05) is 0 Å². The number of aliphatic hydroxyl groups is 1. The lowest BCUT2D eigenvalue weighted by molar-refractivity contribution is 0.0909. The molecule has 1 N–H and O–H groups in total. The highest BCUT2D eigenvalue weighted by atomic mass is 16.5. The van der Waals surface area contributed by atoms with Gasteiger partial charge in [-0.25, -0.2) is 0 Å². The fourth-order valence-electron chi connectivity index (χ4n) is 3.23. The van der Waals surface area contributed by atoms with Crippen LogP contribution in [0.3, 0.4) is 0 Å². The highest BCUT2D eigenvalue weighted by Gasteiger charge is 2.25. The van der Waals surface area contributed by atoms with Gasteiger partial charge in [0.15, 0.2) is 0 Å². The minimum Gasteiger partial charge on any atom is -0.490 e. The van der Waals surface area contributed by atoms with Crippen molar-refractivity contribution in [3.63, 3.8) is 0 Å². The Bertz CT molecular complexity index is 417. The van der Waals surface area contributed by atoms with Gasteiger partial charge in [-0.1, -0.05) is 44.2 Å². The van der Waals surface area contributed by atoms with E-state index < -0.39 is 0 Å². The van der Waals surface area contributed by atoms with E-state index in [-0.39, 0.29) is 6.10 Å². The summed E-state index contributed by atoms with van der Waals surface area (Å²) in [6.07, 6.45) is 11.3. The van der Waals surface area contributed by atoms with Crippen molar-refractivity contribution < 1.29 is 9.84 Å². The van der Waals surface area contributed by atoms with E-state index in [9.17, 15) is 5.11 Å². The highest BCUT2D eigenvalue weighted by molar-refractivity contribution is 5.30. The van der Waals surface area contributed by atoms with Crippen LogP contribution in [0.1, 0.15) is 69.5 Å². The molecule has 0 heterocycles. The first kappa shape index (κ1) is 13.9. The molecule has 0 aliphatic heterocycles. The molecule has 3 rings (SSSR count). The smallest absolute Gasteiger partial charge is 0.120 e. The fourth-order valence-corrected chi connectivity index (χ4v) is 3.23. The Balaban J connectivity index is 1.66. The van der Waals surface area contributed by atoms with E-state index in [1.54, 1.807) is 0 Å². The van der Waals surface area contributed by atoms with Gasteiger partial charge in [-0.05, 0) is 49.3 Å². The molecule has 0 aromatic heterocycles. The maximum absolute atomic E-state index is 10.7. The molecule has 0 bridgehead atoms. The maximum Gasteiger partial charge on any atom is 0.120 e. The summed E-state index contributed by atoms with van der Waals surface area (Å²) in [6, 6.07) is 8.11. The average molecular weight is 274 g/mol. The number of hydrogen-bond acceptors (Lipinski definition) is 2. The summed E-state index contributed by atoms with van der Waals surface area (Å²) >= 11 is 0. The maximum atomic E-state index is 10.7. The van der Waals surface area contributed by atoms with Crippen molar-refractivity contribution in [2.45, 2.75) is 70.0 Å². The number of benzene rings is 1. The van der Waals surface area contributed by atoms with E-state index in [1.165, 1.54) is 44.9 Å². The Morgan fingerprint density at radius 2 is 1.65 bits per heavy atom. The van der Waals surface area contributed by atoms with Crippen molar-refractivity contribution in [1.29, 1.82) is 0 Å². The lowest BCUT2D eigenvalue weighted by Crippen LogP contribution is -2.14. The lowest BCUT2D eigenvalue weighted by Gasteiger charge is -2.25. The largest absolute Gasteiger partial charge is 0.490 e. The van der Waals surface area contributed by atoms with Gasteiger partial charge >= 0.3 is 0 Å².